The number of aliphatic hydroxyl groups is 9. The molecular formula is C24H44N4O17. The molecule has 3 saturated heterocycles. The number of nitrogens with two attached hydrogens (primary N) is 4. The van der Waals surface area contributed by atoms with Gasteiger partial charge in [0.1, 0.15) is 79.4 Å². The molecule has 45 heavy (non-hydrogen) atoms. The highest BCUT2D eigenvalue weighted by atomic mass is 16.7. The minimum Gasteiger partial charge on any atom is -0.479 e. The predicted molar refractivity (Wildman–Crippen MR) is 141 cm³/mol. The molecule has 0 amide bonds. The van der Waals surface area contributed by atoms with Gasteiger partial charge in [-0.25, -0.2) is 4.79 Å². The Bertz CT molecular complexity index is 988. The molecule has 1 aliphatic carbocycles. The molecule has 0 aromatic carbocycles. The first kappa shape index (κ1) is 36.5. The molecular weight excluding hydrogens is 616 g/mol. The van der Waals surface area contributed by atoms with Gasteiger partial charge in [0, 0.05) is 18.6 Å². The average molecular weight is 661 g/mol. The highest BCUT2D eigenvalue weighted by molar-refractivity contribution is 5.73. The standard InChI is InChI=1S/C24H44N4O17/c25-2-6-10(31)19(44-23-14(35)12(33)13(34)20(45-23)21(38)39)16(37)24(40-6)43-18-5(27)1-4(26)17(15(18)36)42-22-11(32)8(28)9(30)7(3-29)41-22/h4-20,22-24,29-37H,1-3,25-28H2,(H,38,39)/t4-,5+,6-,7-,8+,9-,10-,11-,12?,13?,14?,15-,16-,17+,18-,19+,20?,22-,23?,24-/m1/s1. The van der Waals surface area contributed by atoms with E-state index in [2.05, 4.69) is 0 Å². The number of hydrogen-bond donors (Lipinski definition) is 14. The summed E-state index contributed by atoms with van der Waals surface area (Å²) < 4.78 is 33.2. The van der Waals surface area contributed by atoms with Crippen LogP contribution in [0.25, 0.3) is 0 Å². The van der Waals surface area contributed by atoms with Crippen molar-refractivity contribution in [2.45, 2.75) is 129 Å². The third-order valence-corrected chi connectivity index (χ3v) is 8.56. The van der Waals surface area contributed by atoms with Gasteiger partial charge in [0.25, 0.3) is 0 Å². The van der Waals surface area contributed by atoms with Gasteiger partial charge in [-0.3, -0.25) is 0 Å². The van der Waals surface area contributed by atoms with Crippen LogP contribution >= 0.6 is 0 Å². The van der Waals surface area contributed by atoms with E-state index in [1.54, 1.807) is 0 Å². The second kappa shape index (κ2) is 14.9. The van der Waals surface area contributed by atoms with Gasteiger partial charge in [0.15, 0.2) is 25.0 Å². The number of hydrogen-bond acceptors (Lipinski definition) is 20. The second-order valence-electron chi connectivity index (χ2n) is 11.6. The number of aliphatic carboxylic acids is 1. The number of aliphatic hydroxyl groups excluding tert-OH is 9. The molecule has 262 valence electrons. The van der Waals surface area contributed by atoms with Crippen LogP contribution in [0.3, 0.4) is 0 Å². The summed E-state index contributed by atoms with van der Waals surface area (Å²) in [5, 5.41) is 103. The van der Waals surface area contributed by atoms with Crippen LogP contribution in [0.2, 0.25) is 0 Å². The molecule has 4 aliphatic rings. The largest absolute Gasteiger partial charge is 0.479 e. The van der Waals surface area contributed by atoms with Gasteiger partial charge in [-0.15, -0.1) is 0 Å². The first-order chi connectivity index (χ1) is 21.1. The van der Waals surface area contributed by atoms with Crippen LogP contribution in [0.1, 0.15) is 6.42 Å². The smallest absolute Gasteiger partial charge is 0.335 e. The summed E-state index contributed by atoms with van der Waals surface area (Å²) in [6.07, 6.45) is -28.8. The Labute approximate surface area is 255 Å². The fourth-order valence-corrected chi connectivity index (χ4v) is 5.87. The number of carbonyl (C=O) groups is 1. The maximum atomic E-state index is 11.5. The van der Waals surface area contributed by atoms with E-state index in [0.29, 0.717) is 0 Å². The van der Waals surface area contributed by atoms with E-state index in [0.717, 1.165) is 0 Å². The molecule has 1 saturated carbocycles. The van der Waals surface area contributed by atoms with Crippen molar-refractivity contribution >= 4 is 5.97 Å². The lowest BCUT2D eigenvalue weighted by molar-refractivity contribution is -0.364. The van der Waals surface area contributed by atoms with Crippen LogP contribution in [-0.2, 0) is 33.2 Å². The van der Waals surface area contributed by atoms with E-state index in [-0.39, 0.29) is 13.0 Å². The molecule has 4 fully saturated rings. The molecule has 0 aromatic rings. The van der Waals surface area contributed by atoms with Gasteiger partial charge in [-0.05, 0) is 6.42 Å². The van der Waals surface area contributed by atoms with Crippen LogP contribution in [0.5, 0.6) is 0 Å². The Balaban J connectivity index is 1.50. The fraction of sp³-hybridized carbons (Fsp3) is 0.958. The minimum absolute atomic E-state index is 0.0437. The van der Waals surface area contributed by atoms with Crippen LogP contribution < -0.4 is 22.9 Å². The van der Waals surface area contributed by atoms with E-state index in [9.17, 15) is 55.9 Å². The molecule has 0 bridgehead atoms. The molecule has 0 radical (unpaired) electrons. The molecule has 5 unspecified atom stereocenters. The molecule has 3 heterocycles. The quantitative estimate of drug-likeness (QED) is 0.109. The molecule has 0 aromatic heterocycles. The summed E-state index contributed by atoms with van der Waals surface area (Å²) in [4.78, 5) is 11.5. The van der Waals surface area contributed by atoms with Gasteiger partial charge >= 0.3 is 5.97 Å². The monoisotopic (exact) mass is 660 g/mol. The zero-order valence-electron chi connectivity index (χ0n) is 23.8. The van der Waals surface area contributed by atoms with Gasteiger partial charge in [0.2, 0.25) is 0 Å². The minimum atomic E-state index is -2.04. The maximum Gasteiger partial charge on any atom is 0.335 e. The average Bonchev–Trinajstić information content (AvgIpc) is 2.99. The number of ether oxygens (including phenoxy) is 6. The van der Waals surface area contributed by atoms with Crippen molar-refractivity contribution < 1.29 is 84.3 Å². The van der Waals surface area contributed by atoms with Crippen molar-refractivity contribution in [3.63, 3.8) is 0 Å². The molecule has 18 N–H and O–H groups in total. The van der Waals surface area contributed by atoms with Crippen molar-refractivity contribution in [2.75, 3.05) is 13.2 Å². The topological polar surface area (TPSA) is 379 Å². The van der Waals surface area contributed by atoms with Crippen molar-refractivity contribution in [3.8, 4) is 0 Å². The number of rotatable bonds is 9. The van der Waals surface area contributed by atoms with Crippen molar-refractivity contribution in [2.24, 2.45) is 22.9 Å². The van der Waals surface area contributed by atoms with Crippen LogP contribution in [0.4, 0.5) is 0 Å². The molecule has 4 rings (SSSR count). The number of carboxylic acid groups (broad SMARTS) is 1. The van der Waals surface area contributed by atoms with Crippen LogP contribution in [0, 0.1) is 0 Å². The lowest BCUT2D eigenvalue weighted by Gasteiger charge is -2.49. The lowest BCUT2D eigenvalue weighted by atomic mass is 9.84. The first-order valence-electron chi connectivity index (χ1n) is 14.3. The number of carboxylic acids is 1. The Hall–Kier alpha value is -1.29. The summed E-state index contributed by atoms with van der Waals surface area (Å²) in [6.45, 7) is -1.03. The molecule has 21 nitrogen and oxygen atoms in total. The van der Waals surface area contributed by atoms with Crippen molar-refractivity contribution in [3.05, 3.63) is 0 Å². The van der Waals surface area contributed by atoms with Crippen molar-refractivity contribution in [1.29, 1.82) is 0 Å². The van der Waals surface area contributed by atoms with E-state index >= 15 is 0 Å². The second-order valence-corrected chi connectivity index (χ2v) is 11.6. The molecule has 0 spiro atoms. The Morgan fingerprint density at radius 2 is 1.13 bits per heavy atom. The zero-order valence-corrected chi connectivity index (χ0v) is 23.8. The summed E-state index contributed by atoms with van der Waals surface area (Å²) in [5.41, 5.74) is 23.9. The third kappa shape index (κ3) is 7.26. The SMILES string of the molecule is NC[C@H]1O[C@H](O[C@H]2[C@H](O)[C@@H](O[C@H]3O[C@H](CO)[C@@H](O)[C@H](N)[C@H]3O)[C@H](N)C[C@@H]2N)[C@H](O)[C@@H](OC2OC(C(=O)O)C(O)C(O)C2O)[C@@H]1O. The Kier molecular flexibility index (Phi) is 12.1. The van der Waals surface area contributed by atoms with E-state index in [1.165, 1.54) is 0 Å². The van der Waals surface area contributed by atoms with E-state index in [1.807, 2.05) is 0 Å². The third-order valence-electron chi connectivity index (χ3n) is 8.56. The Morgan fingerprint density at radius 3 is 1.67 bits per heavy atom. The van der Waals surface area contributed by atoms with Gasteiger partial charge in [-0.1, -0.05) is 0 Å². The van der Waals surface area contributed by atoms with Crippen LogP contribution in [-0.4, -0.2) is 193 Å². The van der Waals surface area contributed by atoms with E-state index in [4.69, 9.17) is 51.4 Å². The molecule has 3 aliphatic heterocycles. The Morgan fingerprint density at radius 1 is 0.622 bits per heavy atom. The van der Waals surface area contributed by atoms with Gasteiger partial charge in [-0.2, -0.15) is 0 Å². The summed E-state index contributed by atoms with van der Waals surface area (Å²) >= 11 is 0. The zero-order chi connectivity index (χ0) is 33.5. The molecule has 21 heteroatoms. The summed E-state index contributed by atoms with van der Waals surface area (Å²) in [6, 6.07) is -3.24. The highest BCUT2D eigenvalue weighted by Crippen LogP contribution is 2.33. The van der Waals surface area contributed by atoms with Gasteiger partial charge in [0.05, 0.1) is 12.6 Å². The summed E-state index contributed by atoms with van der Waals surface area (Å²) in [7, 11) is 0. The van der Waals surface area contributed by atoms with Gasteiger partial charge < -0.3 is 102 Å². The fourth-order valence-electron chi connectivity index (χ4n) is 5.87. The predicted octanol–water partition coefficient (Wildman–Crippen LogP) is -9.37. The normalized spacial score (nSPS) is 52.8. The van der Waals surface area contributed by atoms with E-state index < -0.39 is 135 Å². The van der Waals surface area contributed by atoms with Crippen LogP contribution in [0.15, 0.2) is 0 Å². The first-order valence-corrected chi connectivity index (χ1v) is 14.3. The maximum absolute atomic E-state index is 11.5. The summed E-state index contributed by atoms with van der Waals surface area (Å²) in [5.74, 6) is -1.69. The lowest BCUT2D eigenvalue weighted by Crippen LogP contribution is -2.69. The van der Waals surface area contributed by atoms with Crippen molar-refractivity contribution in [1.82, 2.24) is 0 Å². The highest BCUT2D eigenvalue weighted by Gasteiger charge is 2.54. The molecule has 20 atom stereocenters.